The molecule has 0 aliphatic heterocycles. The summed E-state index contributed by atoms with van der Waals surface area (Å²) in [5, 5.41) is 6.13. The van der Waals surface area contributed by atoms with Crippen LogP contribution in [0.4, 0.5) is 0 Å². The highest BCUT2D eigenvalue weighted by molar-refractivity contribution is 5.99. The van der Waals surface area contributed by atoms with Gasteiger partial charge in [-0.1, -0.05) is 42.5 Å². The molecule has 0 aromatic carbocycles. The molecule has 0 spiro atoms. The summed E-state index contributed by atoms with van der Waals surface area (Å²) >= 11 is 0. The van der Waals surface area contributed by atoms with Crippen molar-refractivity contribution < 1.29 is 30.9 Å². The summed E-state index contributed by atoms with van der Waals surface area (Å²) < 4.78 is 54.6. The van der Waals surface area contributed by atoms with Gasteiger partial charge in [0, 0.05) is 134 Å². The Balaban J connectivity index is 0.0000000933. The Morgan fingerprint density at radius 3 is 0.990 bits per heavy atom. The number of nitrogens with zero attached hydrogens (tertiary/aromatic N) is 7. The normalized spacial score (nSPS) is 11.6. The van der Waals surface area contributed by atoms with Crippen molar-refractivity contribution in [1.82, 2.24) is 30.8 Å². The van der Waals surface area contributed by atoms with Gasteiger partial charge in [-0.05, 0) is 205 Å². The molecule has 0 amide bonds. The second kappa shape index (κ2) is 24.7. The lowest BCUT2D eigenvalue weighted by atomic mass is 10.2. The lowest BCUT2D eigenvalue weighted by Crippen LogP contribution is -1.82. The van der Waals surface area contributed by atoms with Crippen LogP contribution in [0.2, 0.25) is 0 Å². The number of rotatable bonds is 0. The topological polar surface area (TPSA) is 123 Å². The van der Waals surface area contributed by atoms with Crippen molar-refractivity contribution in [3.8, 4) is 0 Å². The molecule has 0 unspecified atom stereocenters. The van der Waals surface area contributed by atoms with Crippen molar-refractivity contribution >= 4 is 116 Å². The van der Waals surface area contributed by atoms with Crippen LogP contribution in [0.1, 0.15) is 79.3 Å². The predicted octanol–water partition coefficient (Wildman–Crippen LogP) is 23.1. The SMILES string of the molecule is Cc1oc2c(cc3ccccn32)c1C.Cc1oc2c(cn3ccccc23)c1C.Cc1oc2c(cn3ccccc23)c1C.Cc1oc2cc3ccccn3c2c1C.Cc1oc2cc3ccccn3c2c1C.Cc1oc2cn3ccccc3c2c1C.Cc1oc2cn3ccccc3c2c1C. The van der Waals surface area contributed by atoms with Crippen LogP contribution < -0.4 is 0 Å². The zero-order chi connectivity index (χ0) is 67.9. The number of pyridine rings is 7. The third kappa shape index (κ3) is 10.7. The summed E-state index contributed by atoms with van der Waals surface area (Å²) in [7, 11) is 0. The molecule has 0 bridgehead atoms. The molecule has 0 N–H and O–H groups in total. The standard InChI is InChI=1S/7C12H11NO/c2*1-8-9(2)14-12-10(8)7-13-6-4-3-5-11(12)13;2*1-8-9(2)14-11-7-13-6-4-3-5-10(13)12(8)11;2*1-8-9(2)14-11-7-10-5-3-4-6-13(10)12(8)11;1-8-9(2)14-12-11(8)7-10-5-3-4-6-13(10)12/h7*3-7H,1-2H3. The number of aryl methyl sites for hydroxylation is 14. The molecule has 21 aromatic rings. The highest BCUT2D eigenvalue weighted by atomic mass is 16.4. The predicted molar refractivity (Wildman–Crippen MR) is 397 cm³/mol. The van der Waals surface area contributed by atoms with E-state index >= 15 is 0 Å². The van der Waals surface area contributed by atoms with Gasteiger partial charge in [-0.25, -0.2) is 0 Å². The number of hydrogen-bond donors (Lipinski definition) is 0. The van der Waals surface area contributed by atoms with Gasteiger partial charge < -0.3 is 57.3 Å². The Labute approximate surface area is 564 Å². The van der Waals surface area contributed by atoms with Crippen LogP contribution in [-0.2, 0) is 0 Å². The average Bonchev–Trinajstić information content (AvgIpc) is 1.67. The van der Waals surface area contributed by atoms with E-state index in [1.807, 2.05) is 165 Å². The van der Waals surface area contributed by atoms with E-state index in [1.54, 1.807) is 0 Å². The third-order valence-electron chi connectivity index (χ3n) is 19.7. The maximum atomic E-state index is 5.73. The van der Waals surface area contributed by atoms with Crippen LogP contribution in [0.15, 0.2) is 245 Å². The maximum absolute atomic E-state index is 5.73. The molecular formula is C84H77N7O7. The van der Waals surface area contributed by atoms with Gasteiger partial charge in [0.1, 0.15) is 40.3 Å². The van der Waals surface area contributed by atoms with E-state index in [4.69, 9.17) is 30.9 Å². The maximum Gasteiger partial charge on any atom is 0.211 e. The van der Waals surface area contributed by atoms with Crippen molar-refractivity contribution in [1.29, 1.82) is 0 Å². The van der Waals surface area contributed by atoms with Gasteiger partial charge in [0.05, 0.1) is 45.5 Å². The van der Waals surface area contributed by atoms with E-state index in [2.05, 4.69) is 177 Å². The average molecular weight is 1300 g/mol. The van der Waals surface area contributed by atoms with E-state index in [9.17, 15) is 0 Å². The van der Waals surface area contributed by atoms with Crippen LogP contribution in [0, 0.1) is 96.9 Å². The van der Waals surface area contributed by atoms with Gasteiger partial charge in [0.15, 0.2) is 33.5 Å². The lowest BCUT2D eigenvalue weighted by molar-refractivity contribution is 0.560. The van der Waals surface area contributed by atoms with E-state index in [0.717, 1.165) is 90.6 Å². The minimum atomic E-state index is 0.954. The van der Waals surface area contributed by atoms with E-state index in [1.165, 1.54) is 104 Å². The smallest absolute Gasteiger partial charge is 0.211 e. The number of furan rings is 7. The number of hydrogen-bond acceptors (Lipinski definition) is 7. The summed E-state index contributed by atoms with van der Waals surface area (Å²) in [6.07, 6.45) is 22.6. The summed E-state index contributed by atoms with van der Waals surface area (Å²) in [4.78, 5) is 0. The summed E-state index contributed by atoms with van der Waals surface area (Å²) in [6, 6.07) is 49.4. The molecular weight excluding hydrogens is 1220 g/mol. The second-order valence-corrected chi connectivity index (χ2v) is 25.5. The highest BCUT2D eigenvalue weighted by Crippen LogP contribution is 2.35. The molecule has 0 atom stereocenters. The first-order chi connectivity index (χ1) is 47.4. The fraction of sp³-hybridized carbons (Fsp3) is 0.167. The van der Waals surface area contributed by atoms with Gasteiger partial charge in [0.2, 0.25) is 5.71 Å². The molecule has 21 aromatic heterocycles. The minimum absolute atomic E-state index is 0.954. The van der Waals surface area contributed by atoms with Crippen molar-refractivity contribution in [2.45, 2.75) is 96.9 Å². The summed E-state index contributed by atoms with van der Waals surface area (Å²) in [5.41, 5.74) is 26.2. The first-order valence-electron chi connectivity index (χ1n) is 33.1. The Bertz CT molecular complexity index is 5780. The lowest BCUT2D eigenvalue weighted by Gasteiger charge is -1.94. The molecule has 14 heteroatoms. The van der Waals surface area contributed by atoms with Gasteiger partial charge in [-0.15, -0.1) is 0 Å². The van der Waals surface area contributed by atoms with Gasteiger partial charge in [-0.3, -0.25) is 4.40 Å². The quantitative estimate of drug-likeness (QED) is 0.148. The highest BCUT2D eigenvalue weighted by Gasteiger charge is 2.18. The molecule has 14 nitrogen and oxygen atoms in total. The molecule has 21 heterocycles. The van der Waals surface area contributed by atoms with Crippen molar-refractivity contribution in [3.05, 3.63) is 293 Å². The third-order valence-corrected chi connectivity index (χ3v) is 19.7. The Morgan fingerprint density at radius 2 is 0.561 bits per heavy atom. The van der Waals surface area contributed by atoms with Crippen LogP contribution in [0.25, 0.3) is 116 Å². The molecule has 0 saturated carbocycles. The first-order valence-corrected chi connectivity index (χ1v) is 33.1. The zero-order valence-corrected chi connectivity index (χ0v) is 57.7. The summed E-state index contributed by atoms with van der Waals surface area (Å²) in [6.45, 7) is 28.7. The zero-order valence-electron chi connectivity index (χ0n) is 57.7. The Kier molecular flexibility index (Phi) is 15.7. The molecule has 490 valence electrons. The molecule has 0 fully saturated rings. The van der Waals surface area contributed by atoms with Gasteiger partial charge >= 0.3 is 0 Å². The Morgan fingerprint density at radius 1 is 0.245 bits per heavy atom. The number of aromatic nitrogens is 7. The van der Waals surface area contributed by atoms with Crippen LogP contribution in [0.5, 0.6) is 0 Å². The molecule has 0 saturated heterocycles. The van der Waals surface area contributed by atoms with Crippen molar-refractivity contribution in [2.75, 3.05) is 0 Å². The summed E-state index contributed by atoms with van der Waals surface area (Å²) in [5.74, 6) is 7.08. The largest absolute Gasteiger partial charge is 0.459 e. The van der Waals surface area contributed by atoms with Gasteiger partial charge in [-0.2, -0.15) is 0 Å². The molecule has 98 heavy (non-hydrogen) atoms. The fourth-order valence-electron chi connectivity index (χ4n) is 13.5. The minimum Gasteiger partial charge on any atom is -0.459 e. The molecule has 0 radical (unpaired) electrons. The number of fused-ring (bicyclic) bond motifs is 21. The van der Waals surface area contributed by atoms with Crippen LogP contribution in [0.3, 0.4) is 0 Å². The second-order valence-electron chi connectivity index (χ2n) is 25.5. The first kappa shape index (κ1) is 62.2. The van der Waals surface area contributed by atoms with Crippen molar-refractivity contribution in [2.24, 2.45) is 0 Å². The van der Waals surface area contributed by atoms with Crippen molar-refractivity contribution in [3.63, 3.8) is 0 Å². The molecule has 0 aliphatic carbocycles. The fourth-order valence-corrected chi connectivity index (χ4v) is 13.5. The van der Waals surface area contributed by atoms with Gasteiger partial charge in [0.25, 0.3) is 0 Å². The molecule has 0 aliphatic rings. The molecule has 21 rings (SSSR count). The van der Waals surface area contributed by atoms with E-state index in [-0.39, 0.29) is 0 Å². The van der Waals surface area contributed by atoms with E-state index < -0.39 is 0 Å². The van der Waals surface area contributed by atoms with Crippen LogP contribution >= 0.6 is 0 Å². The monoisotopic (exact) mass is 1300 g/mol. The Hall–Kier alpha value is -11.9. The van der Waals surface area contributed by atoms with Crippen LogP contribution in [-0.4, -0.2) is 30.8 Å². The van der Waals surface area contributed by atoms with E-state index in [0.29, 0.717) is 0 Å².